The van der Waals surface area contributed by atoms with E-state index >= 15 is 0 Å². The average Bonchev–Trinajstić information content (AvgIpc) is 2.55. The number of hydrogen-bond acceptors (Lipinski definition) is 2. The van der Waals surface area contributed by atoms with E-state index < -0.39 is 23.7 Å². The number of amides is 1. The predicted molar refractivity (Wildman–Crippen MR) is 95.1 cm³/mol. The molecule has 0 radical (unpaired) electrons. The van der Waals surface area contributed by atoms with Gasteiger partial charge < -0.3 is 11.1 Å². The molecule has 3 nitrogen and oxygen atoms in total. The first-order chi connectivity index (χ1) is 11.7. The van der Waals surface area contributed by atoms with E-state index in [4.69, 9.17) is 5.73 Å². The number of hydrogen-bond donors (Lipinski definition) is 2. The Labute approximate surface area is 152 Å². The van der Waals surface area contributed by atoms with Crippen LogP contribution in [-0.2, 0) is 17.4 Å². The zero-order chi connectivity index (χ0) is 18.6. The summed E-state index contributed by atoms with van der Waals surface area (Å²) in [4.78, 5) is 12.2. The summed E-state index contributed by atoms with van der Waals surface area (Å²) < 4.78 is 38.6. The quantitative estimate of drug-likeness (QED) is 0.750. The fraction of sp³-hybridized carbons (Fsp3) is 0.278. The van der Waals surface area contributed by atoms with Gasteiger partial charge in [-0.2, -0.15) is 13.2 Å². The third kappa shape index (κ3) is 5.57. The van der Waals surface area contributed by atoms with Crippen molar-refractivity contribution in [1.29, 1.82) is 0 Å². The van der Waals surface area contributed by atoms with Crippen molar-refractivity contribution in [2.24, 2.45) is 11.7 Å². The van der Waals surface area contributed by atoms with Gasteiger partial charge in [0.15, 0.2) is 0 Å². The van der Waals surface area contributed by atoms with Gasteiger partial charge in [0.25, 0.3) is 0 Å². The predicted octanol–water partition coefficient (Wildman–Crippen LogP) is 4.61. The van der Waals surface area contributed by atoms with Crippen LogP contribution in [0.4, 0.5) is 18.9 Å². The Morgan fingerprint density at radius 3 is 2.20 bits per heavy atom. The molecule has 2 aromatic carbocycles. The first-order valence-corrected chi connectivity index (χ1v) is 8.44. The molecule has 0 saturated heterocycles. The molecule has 1 unspecified atom stereocenters. The van der Waals surface area contributed by atoms with Gasteiger partial charge in [0.2, 0.25) is 5.91 Å². The molecule has 0 spiro atoms. The van der Waals surface area contributed by atoms with Crippen LogP contribution >= 0.6 is 15.9 Å². The Balaban J connectivity index is 1.96. The van der Waals surface area contributed by atoms with Gasteiger partial charge in [-0.1, -0.05) is 35.0 Å². The highest BCUT2D eigenvalue weighted by Gasteiger charge is 2.30. The van der Waals surface area contributed by atoms with Gasteiger partial charge in [0, 0.05) is 10.2 Å². The number of anilines is 1. The van der Waals surface area contributed by atoms with E-state index in [-0.39, 0.29) is 11.6 Å². The second-order valence-corrected chi connectivity index (χ2v) is 6.81. The molecule has 0 aliphatic heterocycles. The van der Waals surface area contributed by atoms with Crippen LogP contribution < -0.4 is 11.1 Å². The molecular weight excluding hydrogens is 397 g/mol. The largest absolute Gasteiger partial charge is 0.416 e. The summed E-state index contributed by atoms with van der Waals surface area (Å²) in [6.45, 7) is 1.86. The second kappa shape index (κ2) is 8.01. The third-order valence-corrected chi connectivity index (χ3v) is 4.40. The van der Waals surface area contributed by atoms with Crippen molar-refractivity contribution >= 4 is 27.5 Å². The molecule has 0 aliphatic rings. The van der Waals surface area contributed by atoms with Gasteiger partial charge in [-0.05, 0) is 54.3 Å². The molecule has 0 aliphatic carbocycles. The Bertz CT molecular complexity index is 715. The number of benzene rings is 2. The van der Waals surface area contributed by atoms with Crippen LogP contribution in [0.1, 0.15) is 18.1 Å². The second-order valence-electron chi connectivity index (χ2n) is 5.90. The maximum absolute atomic E-state index is 12.5. The topological polar surface area (TPSA) is 55.1 Å². The molecule has 0 fully saturated rings. The Hall–Kier alpha value is -1.86. The molecule has 0 heterocycles. The van der Waals surface area contributed by atoms with Crippen LogP contribution in [0.3, 0.4) is 0 Å². The molecular formula is C18H18BrF3N2O. The van der Waals surface area contributed by atoms with Crippen molar-refractivity contribution in [3.05, 3.63) is 64.1 Å². The molecule has 2 atom stereocenters. The van der Waals surface area contributed by atoms with Gasteiger partial charge in [0.05, 0.1) is 11.6 Å². The van der Waals surface area contributed by atoms with E-state index in [1.54, 1.807) is 0 Å². The maximum Gasteiger partial charge on any atom is 0.416 e. The third-order valence-electron chi connectivity index (χ3n) is 3.87. The van der Waals surface area contributed by atoms with Crippen LogP contribution in [-0.4, -0.2) is 11.9 Å². The SMILES string of the molecule is CC(Cc1ccc(Br)cc1)[C@H](N)C(=O)Nc1ccc(C(F)(F)F)cc1. The molecule has 0 aromatic heterocycles. The Morgan fingerprint density at radius 2 is 1.68 bits per heavy atom. The molecule has 1 amide bonds. The number of nitrogens with one attached hydrogen (secondary N) is 1. The van der Waals surface area contributed by atoms with E-state index in [1.165, 1.54) is 12.1 Å². The van der Waals surface area contributed by atoms with Crippen molar-refractivity contribution in [1.82, 2.24) is 0 Å². The summed E-state index contributed by atoms with van der Waals surface area (Å²) in [6, 6.07) is 11.2. The number of halogens is 4. The number of carbonyl (C=O) groups excluding carboxylic acids is 1. The number of carbonyl (C=O) groups is 1. The van der Waals surface area contributed by atoms with Crippen molar-refractivity contribution < 1.29 is 18.0 Å². The summed E-state index contributed by atoms with van der Waals surface area (Å²) in [7, 11) is 0. The zero-order valence-electron chi connectivity index (χ0n) is 13.5. The monoisotopic (exact) mass is 414 g/mol. The van der Waals surface area contributed by atoms with E-state index in [2.05, 4.69) is 21.2 Å². The van der Waals surface area contributed by atoms with Crippen LogP contribution in [0, 0.1) is 5.92 Å². The molecule has 3 N–H and O–H groups in total. The lowest BCUT2D eigenvalue weighted by Gasteiger charge is -2.19. The molecule has 134 valence electrons. The lowest BCUT2D eigenvalue weighted by molar-refractivity contribution is -0.137. The first-order valence-electron chi connectivity index (χ1n) is 7.65. The van der Waals surface area contributed by atoms with E-state index in [0.717, 1.165) is 22.2 Å². The highest BCUT2D eigenvalue weighted by atomic mass is 79.9. The first kappa shape index (κ1) is 19.5. The zero-order valence-corrected chi connectivity index (χ0v) is 15.1. The fourth-order valence-electron chi connectivity index (χ4n) is 2.35. The summed E-state index contributed by atoms with van der Waals surface area (Å²) in [5.41, 5.74) is 6.55. The van der Waals surface area contributed by atoms with Gasteiger partial charge in [-0.25, -0.2) is 0 Å². The minimum absolute atomic E-state index is 0.129. The Morgan fingerprint density at radius 1 is 1.12 bits per heavy atom. The van der Waals surface area contributed by atoms with Crippen molar-refractivity contribution in [3.63, 3.8) is 0 Å². The van der Waals surface area contributed by atoms with Crippen LogP contribution in [0.5, 0.6) is 0 Å². The van der Waals surface area contributed by atoms with Gasteiger partial charge in [-0.3, -0.25) is 4.79 Å². The molecule has 25 heavy (non-hydrogen) atoms. The fourth-order valence-corrected chi connectivity index (χ4v) is 2.61. The van der Waals surface area contributed by atoms with Crippen LogP contribution in [0.2, 0.25) is 0 Å². The number of nitrogens with two attached hydrogens (primary N) is 1. The smallest absolute Gasteiger partial charge is 0.325 e. The summed E-state index contributed by atoms with van der Waals surface area (Å²) >= 11 is 3.36. The lowest BCUT2D eigenvalue weighted by atomic mass is 9.94. The van der Waals surface area contributed by atoms with Crippen molar-refractivity contribution in [2.75, 3.05) is 5.32 Å². The van der Waals surface area contributed by atoms with Gasteiger partial charge in [-0.15, -0.1) is 0 Å². The number of alkyl halides is 3. The minimum Gasteiger partial charge on any atom is -0.325 e. The standard InChI is InChI=1S/C18H18BrF3N2O/c1-11(10-12-2-6-14(19)7-3-12)16(23)17(25)24-15-8-4-13(5-9-15)18(20,21)22/h2-9,11,16H,10,23H2,1H3,(H,24,25)/t11?,16-/m0/s1. The van der Waals surface area contributed by atoms with E-state index in [1.807, 2.05) is 31.2 Å². The molecule has 7 heteroatoms. The van der Waals surface area contributed by atoms with E-state index in [9.17, 15) is 18.0 Å². The highest BCUT2D eigenvalue weighted by molar-refractivity contribution is 9.10. The molecule has 2 rings (SSSR count). The molecule has 0 bridgehead atoms. The Kier molecular flexibility index (Phi) is 6.24. The summed E-state index contributed by atoms with van der Waals surface area (Å²) in [5.74, 6) is -0.556. The van der Waals surface area contributed by atoms with Crippen LogP contribution in [0.15, 0.2) is 53.0 Å². The number of rotatable bonds is 5. The van der Waals surface area contributed by atoms with Crippen molar-refractivity contribution in [2.45, 2.75) is 25.6 Å². The highest BCUT2D eigenvalue weighted by Crippen LogP contribution is 2.29. The van der Waals surface area contributed by atoms with Crippen LogP contribution in [0.25, 0.3) is 0 Å². The van der Waals surface area contributed by atoms with E-state index in [0.29, 0.717) is 6.42 Å². The maximum atomic E-state index is 12.5. The molecule has 2 aromatic rings. The van der Waals surface area contributed by atoms with Crippen molar-refractivity contribution in [3.8, 4) is 0 Å². The minimum atomic E-state index is -4.40. The average molecular weight is 415 g/mol. The summed E-state index contributed by atoms with van der Waals surface area (Å²) in [5, 5.41) is 2.56. The lowest BCUT2D eigenvalue weighted by Crippen LogP contribution is -2.41. The van der Waals surface area contributed by atoms with Gasteiger partial charge >= 0.3 is 6.18 Å². The summed E-state index contributed by atoms with van der Waals surface area (Å²) in [6.07, 6.45) is -3.78. The normalized spacial score (nSPS) is 14.0. The molecule has 0 saturated carbocycles. The van der Waals surface area contributed by atoms with Gasteiger partial charge in [0.1, 0.15) is 0 Å².